The maximum atomic E-state index is 12.5. The van der Waals surface area contributed by atoms with Crippen molar-refractivity contribution in [3.05, 3.63) is 45.4 Å². The average molecular weight is 361 g/mol. The van der Waals surface area contributed by atoms with Crippen molar-refractivity contribution in [3.63, 3.8) is 0 Å². The van der Waals surface area contributed by atoms with Gasteiger partial charge in [-0.2, -0.15) is 0 Å². The first-order valence-electron chi connectivity index (χ1n) is 8.49. The second-order valence-electron chi connectivity index (χ2n) is 6.42. The molecule has 1 aromatic heterocycles. The Bertz CT molecular complexity index is 694. The van der Waals surface area contributed by atoms with Crippen LogP contribution < -0.4 is 0 Å². The van der Waals surface area contributed by atoms with Gasteiger partial charge in [-0.25, -0.2) is 9.59 Å². The summed E-state index contributed by atoms with van der Waals surface area (Å²) in [6.07, 6.45) is 8.15. The summed E-state index contributed by atoms with van der Waals surface area (Å²) in [7, 11) is 2.74. The molecule has 0 spiro atoms. The molecule has 2 aliphatic rings. The van der Waals surface area contributed by atoms with Gasteiger partial charge in [0, 0.05) is 28.2 Å². The number of carbonyl (C=O) groups excluding carboxylic acids is 2. The maximum absolute atomic E-state index is 12.5. The fourth-order valence-electron chi connectivity index (χ4n) is 3.58. The lowest BCUT2D eigenvalue weighted by Gasteiger charge is -2.32. The highest BCUT2D eigenvalue weighted by molar-refractivity contribution is 7.12. The summed E-state index contributed by atoms with van der Waals surface area (Å²) in [6, 6.07) is 4.27. The van der Waals surface area contributed by atoms with Gasteiger partial charge in [0.25, 0.3) is 0 Å². The molecule has 0 bridgehead atoms. The molecule has 0 atom stereocenters. The Kier molecular flexibility index (Phi) is 5.27. The lowest BCUT2D eigenvalue weighted by molar-refractivity contribution is -0.137. The molecule has 1 aliphatic carbocycles. The highest BCUT2D eigenvalue weighted by atomic mass is 32.1. The molecule has 25 heavy (non-hydrogen) atoms. The van der Waals surface area contributed by atoms with E-state index in [9.17, 15) is 9.59 Å². The first kappa shape index (κ1) is 17.7. The van der Waals surface area contributed by atoms with Crippen LogP contribution in [-0.4, -0.2) is 37.1 Å². The van der Waals surface area contributed by atoms with E-state index in [0.717, 1.165) is 35.4 Å². The lowest BCUT2D eigenvalue weighted by Crippen LogP contribution is -2.32. The molecule has 5 nitrogen and oxygen atoms in total. The van der Waals surface area contributed by atoms with Crippen LogP contribution in [0.4, 0.5) is 0 Å². The highest BCUT2D eigenvalue weighted by Gasteiger charge is 2.37. The van der Waals surface area contributed by atoms with E-state index in [-0.39, 0.29) is 0 Å². The fourth-order valence-corrected chi connectivity index (χ4v) is 4.60. The number of rotatable bonds is 4. The molecule has 0 N–H and O–H groups in total. The Labute approximate surface area is 151 Å². The Morgan fingerprint density at radius 3 is 2.04 bits per heavy atom. The molecule has 1 saturated carbocycles. The van der Waals surface area contributed by atoms with Crippen molar-refractivity contribution in [1.29, 1.82) is 0 Å². The van der Waals surface area contributed by atoms with Crippen molar-refractivity contribution < 1.29 is 19.1 Å². The number of ether oxygens (including phenoxy) is 2. The summed E-state index contributed by atoms with van der Waals surface area (Å²) in [4.78, 5) is 29.0. The standard InChI is InChI=1S/C19H23NO4S/c1-12-8-9-16(25-12)17-14(18(21)23-2)10-20(13-6-4-5-7-13)11-15(17)19(22)24-3/h8-11,13,17H,4-7H2,1-3H3. The molecule has 6 heteroatoms. The van der Waals surface area contributed by atoms with Crippen LogP contribution in [0.3, 0.4) is 0 Å². The summed E-state index contributed by atoms with van der Waals surface area (Å²) in [6.45, 7) is 2.00. The van der Waals surface area contributed by atoms with Crippen LogP contribution in [0.25, 0.3) is 0 Å². The first-order valence-corrected chi connectivity index (χ1v) is 9.30. The van der Waals surface area contributed by atoms with Crippen molar-refractivity contribution in [2.24, 2.45) is 0 Å². The van der Waals surface area contributed by atoms with Gasteiger partial charge in [0.2, 0.25) is 0 Å². The molecular formula is C19H23NO4S. The van der Waals surface area contributed by atoms with E-state index >= 15 is 0 Å². The minimum absolute atomic E-state index is 0.310. The van der Waals surface area contributed by atoms with Gasteiger partial charge in [-0.15, -0.1) is 11.3 Å². The monoisotopic (exact) mass is 361 g/mol. The zero-order valence-corrected chi connectivity index (χ0v) is 15.6. The number of carbonyl (C=O) groups is 2. The normalized spacial score (nSPS) is 18.8. The molecule has 1 aromatic rings. The van der Waals surface area contributed by atoms with Crippen molar-refractivity contribution in [1.82, 2.24) is 4.90 Å². The van der Waals surface area contributed by atoms with Crippen LogP contribution >= 0.6 is 11.3 Å². The molecule has 0 saturated heterocycles. The molecule has 0 amide bonds. The predicted octanol–water partition coefficient (Wildman–Crippen LogP) is 3.51. The van der Waals surface area contributed by atoms with Crippen LogP contribution in [-0.2, 0) is 19.1 Å². The van der Waals surface area contributed by atoms with Crippen LogP contribution in [0.15, 0.2) is 35.7 Å². The summed E-state index contributed by atoms with van der Waals surface area (Å²) < 4.78 is 10.0. The van der Waals surface area contributed by atoms with Gasteiger partial charge in [0.05, 0.1) is 31.3 Å². The molecule has 1 aliphatic heterocycles. The second kappa shape index (κ2) is 7.44. The van der Waals surface area contributed by atoms with E-state index in [1.165, 1.54) is 14.2 Å². The van der Waals surface area contributed by atoms with Crippen molar-refractivity contribution in [2.75, 3.05) is 14.2 Å². The van der Waals surface area contributed by atoms with E-state index < -0.39 is 17.9 Å². The molecule has 0 unspecified atom stereocenters. The number of hydrogen-bond acceptors (Lipinski definition) is 6. The molecule has 0 aromatic carbocycles. The predicted molar refractivity (Wildman–Crippen MR) is 96.1 cm³/mol. The van der Waals surface area contributed by atoms with E-state index in [2.05, 4.69) is 0 Å². The number of aryl methyl sites for hydroxylation is 1. The van der Waals surface area contributed by atoms with E-state index in [1.807, 2.05) is 36.4 Å². The Hall–Kier alpha value is -2.08. The van der Waals surface area contributed by atoms with Crippen molar-refractivity contribution >= 4 is 23.3 Å². The number of thiophene rings is 1. The van der Waals surface area contributed by atoms with Crippen molar-refractivity contribution in [2.45, 2.75) is 44.6 Å². The minimum atomic E-state index is -0.448. The lowest BCUT2D eigenvalue weighted by atomic mass is 9.87. The fraction of sp³-hybridized carbons (Fsp3) is 0.474. The third-order valence-corrected chi connectivity index (χ3v) is 5.90. The van der Waals surface area contributed by atoms with Crippen molar-refractivity contribution in [3.8, 4) is 0 Å². The van der Waals surface area contributed by atoms with Crippen LogP contribution in [0.5, 0.6) is 0 Å². The zero-order valence-electron chi connectivity index (χ0n) is 14.8. The second-order valence-corrected chi connectivity index (χ2v) is 7.74. The summed E-state index contributed by atoms with van der Waals surface area (Å²) in [5, 5.41) is 0. The van der Waals surface area contributed by atoms with E-state index in [0.29, 0.717) is 17.2 Å². The number of hydrogen-bond donors (Lipinski definition) is 0. The number of methoxy groups -OCH3 is 2. The molecule has 134 valence electrons. The molecule has 1 fully saturated rings. The molecule has 3 rings (SSSR count). The van der Waals surface area contributed by atoms with Crippen LogP contribution in [0.1, 0.15) is 41.4 Å². The summed E-state index contributed by atoms with van der Waals surface area (Å²) >= 11 is 1.58. The third-order valence-electron chi connectivity index (χ3n) is 4.83. The van der Waals surface area contributed by atoms with Gasteiger partial charge >= 0.3 is 11.9 Å². The SMILES string of the molecule is COC(=O)C1=CN(C2CCCC2)C=C(C(=O)OC)C1c1ccc(C)s1. The summed E-state index contributed by atoms with van der Waals surface area (Å²) in [5.41, 5.74) is 0.971. The minimum Gasteiger partial charge on any atom is -0.466 e. The Balaban J connectivity index is 2.08. The Morgan fingerprint density at radius 1 is 1.04 bits per heavy atom. The number of esters is 2. The quantitative estimate of drug-likeness (QED) is 0.768. The Morgan fingerprint density at radius 2 is 1.60 bits per heavy atom. The first-order chi connectivity index (χ1) is 12.0. The smallest absolute Gasteiger partial charge is 0.336 e. The zero-order chi connectivity index (χ0) is 18.0. The average Bonchev–Trinajstić information content (AvgIpc) is 3.30. The van der Waals surface area contributed by atoms with Gasteiger partial charge < -0.3 is 14.4 Å². The van der Waals surface area contributed by atoms with Gasteiger partial charge in [-0.3, -0.25) is 0 Å². The van der Waals surface area contributed by atoms with Crippen LogP contribution in [0.2, 0.25) is 0 Å². The largest absolute Gasteiger partial charge is 0.466 e. The van der Waals surface area contributed by atoms with Gasteiger partial charge in [-0.1, -0.05) is 12.8 Å². The van der Waals surface area contributed by atoms with Gasteiger partial charge in [0.15, 0.2) is 0 Å². The molecule has 0 radical (unpaired) electrons. The highest BCUT2D eigenvalue weighted by Crippen LogP contribution is 2.41. The van der Waals surface area contributed by atoms with E-state index in [4.69, 9.17) is 9.47 Å². The number of nitrogens with zero attached hydrogens (tertiary/aromatic N) is 1. The van der Waals surface area contributed by atoms with Crippen LogP contribution in [0, 0.1) is 6.92 Å². The van der Waals surface area contributed by atoms with Gasteiger partial charge in [0.1, 0.15) is 0 Å². The van der Waals surface area contributed by atoms with E-state index in [1.54, 1.807) is 11.3 Å². The topological polar surface area (TPSA) is 55.8 Å². The summed E-state index contributed by atoms with van der Waals surface area (Å²) in [5.74, 6) is -1.27. The third kappa shape index (κ3) is 3.49. The molecular weight excluding hydrogens is 338 g/mol. The molecule has 2 heterocycles. The maximum Gasteiger partial charge on any atom is 0.336 e. The van der Waals surface area contributed by atoms with Gasteiger partial charge in [-0.05, 0) is 31.9 Å².